The number of carbonyl (C=O) groups is 1. The van der Waals surface area contributed by atoms with E-state index in [2.05, 4.69) is 20.5 Å². The number of benzene rings is 1. The van der Waals surface area contributed by atoms with Gasteiger partial charge in [0.15, 0.2) is 6.61 Å². The van der Waals surface area contributed by atoms with E-state index in [0.29, 0.717) is 18.8 Å². The third-order valence-corrected chi connectivity index (χ3v) is 2.55. The number of H-pyrrole nitrogens is 1. The summed E-state index contributed by atoms with van der Waals surface area (Å²) in [6.07, 6.45) is 1.92. The highest BCUT2D eigenvalue weighted by molar-refractivity contribution is 5.77. The van der Waals surface area contributed by atoms with E-state index < -0.39 is 4.92 Å². The standard InChI is InChI=1S/C12H13N5O4/c18-12(13-5-4-11-14-8-15-16-11)7-21-10-3-1-2-9(6-10)17(19)20/h1-3,6,8H,4-5,7H2,(H,13,18)(H,14,15,16). The number of aromatic nitrogens is 3. The first-order valence-electron chi connectivity index (χ1n) is 6.13. The zero-order valence-electron chi connectivity index (χ0n) is 11.0. The van der Waals surface area contributed by atoms with E-state index >= 15 is 0 Å². The molecule has 9 nitrogen and oxygen atoms in total. The molecule has 1 heterocycles. The van der Waals surface area contributed by atoms with E-state index in [1.54, 1.807) is 6.07 Å². The molecule has 0 radical (unpaired) electrons. The molecule has 2 N–H and O–H groups in total. The minimum Gasteiger partial charge on any atom is -0.484 e. The maximum atomic E-state index is 11.5. The Kier molecular flexibility index (Phi) is 4.80. The number of nitrogens with one attached hydrogen (secondary N) is 2. The number of nitrogens with zero attached hydrogens (tertiary/aromatic N) is 3. The van der Waals surface area contributed by atoms with Gasteiger partial charge in [-0.2, -0.15) is 5.10 Å². The lowest BCUT2D eigenvalue weighted by Gasteiger charge is -2.06. The fourth-order valence-corrected chi connectivity index (χ4v) is 1.56. The molecule has 0 atom stereocenters. The molecule has 2 rings (SSSR count). The first-order valence-corrected chi connectivity index (χ1v) is 6.13. The minimum atomic E-state index is -0.523. The van der Waals surface area contributed by atoms with Crippen LogP contribution in [0.15, 0.2) is 30.6 Å². The number of aromatic amines is 1. The fraction of sp³-hybridized carbons (Fsp3) is 0.250. The van der Waals surface area contributed by atoms with Crippen LogP contribution in [0.2, 0.25) is 0 Å². The molecule has 0 unspecified atom stereocenters. The summed E-state index contributed by atoms with van der Waals surface area (Å²) in [7, 11) is 0. The molecule has 1 aromatic heterocycles. The zero-order chi connectivity index (χ0) is 15.1. The van der Waals surface area contributed by atoms with Gasteiger partial charge in [-0.25, -0.2) is 4.98 Å². The number of rotatable bonds is 7. The number of nitro groups is 1. The quantitative estimate of drug-likeness (QED) is 0.564. The summed E-state index contributed by atoms with van der Waals surface area (Å²) < 4.78 is 5.19. The van der Waals surface area contributed by atoms with Crippen molar-refractivity contribution in [1.82, 2.24) is 20.5 Å². The van der Waals surface area contributed by atoms with Gasteiger partial charge in [-0.3, -0.25) is 20.0 Å². The highest BCUT2D eigenvalue weighted by Crippen LogP contribution is 2.18. The molecule has 0 spiro atoms. The van der Waals surface area contributed by atoms with Crippen LogP contribution >= 0.6 is 0 Å². The Balaban J connectivity index is 1.73. The molecule has 0 aliphatic heterocycles. The molecular formula is C12H13N5O4. The number of nitro benzene ring substituents is 1. The second kappa shape index (κ2) is 6.98. The Morgan fingerprint density at radius 1 is 1.48 bits per heavy atom. The molecule has 0 aliphatic rings. The summed E-state index contributed by atoms with van der Waals surface area (Å²) in [6.45, 7) is 0.184. The second-order valence-electron chi connectivity index (χ2n) is 4.08. The lowest BCUT2D eigenvalue weighted by Crippen LogP contribution is -2.30. The molecule has 0 aliphatic carbocycles. The van der Waals surface area contributed by atoms with E-state index in [9.17, 15) is 14.9 Å². The SMILES string of the molecule is O=C(COc1cccc([N+](=O)[O-])c1)NCCc1ncn[nH]1. The van der Waals surface area contributed by atoms with E-state index in [1.165, 1.54) is 24.5 Å². The van der Waals surface area contributed by atoms with Gasteiger partial charge >= 0.3 is 0 Å². The van der Waals surface area contributed by atoms with Crippen molar-refractivity contribution in [2.75, 3.05) is 13.2 Å². The van der Waals surface area contributed by atoms with Crippen molar-refractivity contribution in [2.24, 2.45) is 0 Å². The molecule has 1 amide bonds. The molecule has 0 saturated heterocycles. The van der Waals surface area contributed by atoms with Crippen LogP contribution in [0.25, 0.3) is 0 Å². The number of carbonyl (C=O) groups excluding carboxylic acids is 1. The van der Waals surface area contributed by atoms with Crippen molar-refractivity contribution in [2.45, 2.75) is 6.42 Å². The van der Waals surface area contributed by atoms with Crippen molar-refractivity contribution in [3.63, 3.8) is 0 Å². The van der Waals surface area contributed by atoms with Crippen LogP contribution in [0.3, 0.4) is 0 Å². The van der Waals surface area contributed by atoms with Crippen molar-refractivity contribution < 1.29 is 14.5 Å². The van der Waals surface area contributed by atoms with Crippen molar-refractivity contribution in [1.29, 1.82) is 0 Å². The van der Waals surface area contributed by atoms with Crippen molar-refractivity contribution in [3.05, 3.63) is 46.5 Å². The van der Waals surface area contributed by atoms with Crippen LogP contribution < -0.4 is 10.1 Å². The van der Waals surface area contributed by atoms with E-state index in [0.717, 1.165) is 0 Å². The molecule has 9 heteroatoms. The van der Waals surface area contributed by atoms with Gasteiger partial charge in [-0.1, -0.05) is 6.07 Å². The molecule has 1 aromatic carbocycles. The predicted octanol–water partition coefficient (Wildman–Crippen LogP) is 0.451. The monoisotopic (exact) mass is 291 g/mol. The molecular weight excluding hydrogens is 278 g/mol. The van der Waals surface area contributed by atoms with Gasteiger partial charge < -0.3 is 10.1 Å². The third kappa shape index (κ3) is 4.56. The van der Waals surface area contributed by atoms with Crippen LogP contribution in [-0.4, -0.2) is 39.2 Å². The van der Waals surface area contributed by atoms with Crippen LogP contribution in [0.5, 0.6) is 5.75 Å². The Hall–Kier alpha value is -2.97. The molecule has 21 heavy (non-hydrogen) atoms. The number of hydrogen-bond acceptors (Lipinski definition) is 6. The summed E-state index contributed by atoms with van der Waals surface area (Å²) in [5.74, 6) is 0.630. The molecule has 0 bridgehead atoms. The first kappa shape index (κ1) is 14.4. The second-order valence-corrected chi connectivity index (χ2v) is 4.08. The van der Waals surface area contributed by atoms with Gasteiger partial charge in [0.2, 0.25) is 0 Å². The first-order chi connectivity index (χ1) is 10.1. The smallest absolute Gasteiger partial charge is 0.273 e. The topological polar surface area (TPSA) is 123 Å². The van der Waals surface area contributed by atoms with Gasteiger partial charge in [-0.15, -0.1) is 0 Å². The van der Waals surface area contributed by atoms with Crippen LogP contribution in [0.4, 0.5) is 5.69 Å². The lowest BCUT2D eigenvalue weighted by molar-refractivity contribution is -0.384. The average Bonchev–Trinajstić information content (AvgIpc) is 2.99. The van der Waals surface area contributed by atoms with Gasteiger partial charge in [0.25, 0.3) is 11.6 Å². The number of amides is 1. The fourth-order valence-electron chi connectivity index (χ4n) is 1.56. The summed E-state index contributed by atoms with van der Waals surface area (Å²) in [4.78, 5) is 25.5. The van der Waals surface area contributed by atoms with Gasteiger partial charge in [-0.05, 0) is 6.07 Å². The summed E-state index contributed by atoms with van der Waals surface area (Å²) in [5, 5.41) is 19.6. The number of ether oxygens (including phenoxy) is 1. The maximum Gasteiger partial charge on any atom is 0.273 e. The number of non-ortho nitro benzene ring substituents is 1. The Labute approximate surface area is 119 Å². The van der Waals surface area contributed by atoms with Gasteiger partial charge in [0, 0.05) is 19.0 Å². The summed E-state index contributed by atoms with van der Waals surface area (Å²) >= 11 is 0. The lowest BCUT2D eigenvalue weighted by atomic mass is 10.3. The number of hydrogen-bond donors (Lipinski definition) is 2. The van der Waals surface area contributed by atoms with Gasteiger partial charge in [0.05, 0.1) is 11.0 Å². The third-order valence-electron chi connectivity index (χ3n) is 2.55. The van der Waals surface area contributed by atoms with Gasteiger partial charge in [0.1, 0.15) is 17.9 Å². The summed E-state index contributed by atoms with van der Waals surface area (Å²) in [6, 6.07) is 5.66. The van der Waals surface area contributed by atoms with E-state index in [-0.39, 0.29) is 24.0 Å². The molecule has 2 aromatic rings. The van der Waals surface area contributed by atoms with Crippen molar-refractivity contribution >= 4 is 11.6 Å². The average molecular weight is 291 g/mol. The zero-order valence-corrected chi connectivity index (χ0v) is 11.0. The van der Waals surface area contributed by atoms with E-state index in [1.807, 2.05) is 0 Å². The highest BCUT2D eigenvalue weighted by Gasteiger charge is 2.08. The largest absolute Gasteiger partial charge is 0.484 e. The Morgan fingerprint density at radius 3 is 3.05 bits per heavy atom. The highest BCUT2D eigenvalue weighted by atomic mass is 16.6. The van der Waals surface area contributed by atoms with Crippen LogP contribution in [-0.2, 0) is 11.2 Å². The minimum absolute atomic E-state index is 0.0850. The predicted molar refractivity (Wildman–Crippen MR) is 71.7 cm³/mol. The maximum absolute atomic E-state index is 11.5. The normalized spacial score (nSPS) is 10.1. The van der Waals surface area contributed by atoms with E-state index in [4.69, 9.17) is 4.74 Å². The summed E-state index contributed by atoms with van der Waals surface area (Å²) in [5.41, 5.74) is -0.0850. The Bertz CT molecular complexity index is 614. The van der Waals surface area contributed by atoms with Crippen LogP contribution in [0, 0.1) is 10.1 Å². The molecule has 110 valence electrons. The molecule has 0 saturated carbocycles. The Morgan fingerprint density at radius 2 is 2.33 bits per heavy atom. The van der Waals surface area contributed by atoms with Crippen molar-refractivity contribution in [3.8, 4) is 5.75 Å². The molecule has 0 fully saturated rings. The van der Waals surface area contributed by atoms with Crippen LogP contribution in [0.1, 0.15) is 5.82 Å².